The number of fused-ring (bicyclic) bond motifs is 1. The summed E-state index contributed by atoms with van der Waals surface area (Å²) in [6, 6.07) is 8.37. The van der Waals surface area contributed by atoms with Crippen LogP contribution in [-0.4, -0.2) is 102 Å². The Labute approximate surface area is 248 Å². The Hall–Kier alpha value is -3.60. The first kappa shape index (κ1) is 28.5. The predicted octanol–water partition coefficient (Wildman–Crippen LogP) is 4.52. The third-order valence-electron chi connectivity index (χ3n) is 9.29. The zero-order chi connectivity index (χ0) is 29.6. The van der Waals surface area contributed by atoms with Crippen molar-refractivity contribution in [1.82, 2.24) is 24.7 Å². The van der Waals surface area contributed by atoms with Crippen molar-refractivity contribution in [3.63, 3.8) is 0 Å². The number of piperazine rings is 1. The highest BCUT2D eigenvalue weighted by atomic mass is 16.6. The average Bonchev–Trinajstić information content (AvgIpc) is 2.94. The van der Waals surface area contributed by atoms with E-state index in [0.717, 1.165) is 63.1 Å². The van der Waals surface area contributed by atoms with Crippen LogP contribution in [0, 0.1) is 5.41 Å². The normalized spacial score (nSPS) is 22.6. The number of carbonyl (C=O) groups excluding carboxylic acids is 2. The lowest BCUT2D eigenvalue weighted by Gasteiger charge is -2.57. The number of amides is 3. The van der Waals surface area contributed by atoms with E-state index in [-0.39, 0.29) is 23.6 Å². The van der Waals surface area contributed by atoms with Crippen LogP contribution < -0.4 is 15.1 Å². The first-order chi connectivity index (χ1) is 20.0. The van der Waals surface area contributed by atoms with E-state index in [1.54, 1.807) is 11.9 Å². The fraction of sp³-hybridized carbons (Fsp3) is 0.613. The fourth-order valence-corrected chi connectivity index (χ4v) is 6.83. The van der Waals surface area contributed by atoms with E-state index in [1.807, 2.05) is 36.8 Å². The summed E-state index contributed by atoms with van der Waals surface area (Å²) >= 11 is 0. The molecule has 1 spiro atoms. The largest absolute Gasteiger partial charge is 0.444 e. The van der Waals surface area contributed by atoms with E-state index in [0.29, 0.717) is 31.4 Å². The van der Waals surface area contributed by atoms with Crippen molar-refractivity contribution >= 4 is 35.3 Å². The second-order valence-electron chi connectivity index (χ2n) is 13.4. The maximum Gasteiger partial charge on any atom is 0.410 e. The number of piperidine rings is 1. The highest BCUT2D eigenvalue weighted by molar-refractivity contribution is 5.93. The average molecular weight is 577 g/mol. The van der Waals surface area contributed by atoms with Crippen molar-refractivity contribution in [2.24, 2.45) is 5.41 Å². The number of hydrogen-bond donors (Lipinski definition) is 1. The summed E-state index contributed by atoms with van der Waals surface area (Å²) in [5.74, 6) is 1.10. The molecule has 1 aromatic heterocycles. The van der Waals surface area contributed by atoms with E-state index in [9.17, 15) is 9.59 Å². The molecule has 2 saturated heterocycles. The lowest BCUT2D eigenvalue weighted by molar-refractivity contribution is -0.0596. The van der Waals surface area contributed by atoms with E-state index < -0.39 is 5.60 Å². The molecular weight excluding hydrogens is 532 g/mol. The van der Waals surface area contributed by atoms with Gasteiger partial charge < -0.3 is 29.7 Å². The molecule has 0 bridgehead atoms. The van der Waals surface area contributed by atoms with Gasteiger partial charge in [-0.2, -0.15) is 4.98 Å². The Morgan fingerprint density at radius 2 is 1.76 bits per heavy atom. The van der Waals surface area contributed by atoms with Crippen LogP contribution in [0.3, 0.4) is 0 Å². The maximum atomic E-state index is 13.8. The summed E-state index contributed by atoms with van der Waals surface area (Å²) in [6.07, 6.45) is 5.43. The van der Waals surface area contributed by atoms with Crippen LogP contribution >= 0.6 is 0 Å². The Bertz CT molecular complexity index is 1310. The van der Waals surface area contributed by atoms with Crippen molar-refractivity contribution < 1.29 is 14.3 Å². The van der Waals surface area contributed by atoms with Crippen molar-refractivity contribution in [3.8, 4) is 0 Å². The van der Waals surface area contributed by atoms with E-state index in [2.05, 4.69) is 51.4 Å². The van der Waals surface area contributed by atoms with Crippen molar-refractivity contribution in [2.75, 3.05) is 68.5 Å². The fourth-order valence-electron chi connectivity index (χ4n) is 6.83. The predicted molar refractivity (Wildman–Crippen MR) is 163 cm³/mol. The lowest BCUT2D eigenvalue weighted by Crippen LogP contribution is -2.64. The standard InChI is InChI=1S/C31H44N8O3/c1-30(2,3)42-29(41)38-14-11-25(31(21-38)12-6-13-31)39-20-22-19-32-27(34-26(22)36(5)28(39)40)33-23-7-9-24(10-8-23)37-17-15-35(4)16-18-37/h7-10,19,25H,6,11-18,20-21H2,1-5H3,(H,32,33,34). The Morgan fingerprint density at radius 1 is 1.05 bits per heavy atom. The minimum absolute atomic E-state index is 0.0503. The molecule has 11 heteroatoms. The number of urea groups is 1. The van der Waals surface area contributed by atoms with Gasteiger partial charge in [0.05, 0.1) is 6.54 Å². The van der Waals surface area contributed by atoms with Gasteiger partial charge in [-0.3, -0.25) is 4.90 Å². The van der Waals surface area contributed by atoms with Crippen molar-refractivity contribution in [2.45, 2.75) is 64.6 Å². The summed E-state index contributed by atoms with van der Waals surface area (Å²) in [5, 5.41) is 3.31. The number of benzene rings is 1. The van der Waals surface area contributed by atoms with Crippen molar-refractivity contribution in [3.05, 3.63) is 36.0 Å². The van der Waals surface area contributed by atoms with Crippen LogP contribution in [0.5, 0.6) is 0 Å². The summed E-state index contributed by atoms with van der Waals surface area (Å²) in [6.45, 7) is 11.5. The number of nitrogens with one attached hydrogen (secondary N) is 1. The molecule has 1 unspecified atom stereocenters. The molecule has 1 aliphatic carbocycles. The molecule has 1 saturated carbocycles. The van der Waals surface area contributed by atoms with Crippen LogP contribution in [0.2, 0.25) is 0 Å². The van der Waals surface area contributed by atoms with Crippen molar-refractivity contribution in [1.29, 1.82) is 0 Å². The zero-order valence-corrected chi connectivity index (χ0v) is 25.6. The molecule has 4 aliphatic rings. The molecule has 3 amide bonds. The number of carbonyl (C=O) groups is 2. The highest BCUT2D eigenvalue weighted by Gasteiger charge is 2.53. The van der Waals surface area contributed by atoms with Gasteiger partial charge in [-0.15, -0.1) is 0 Å². The zero-order valence-electron chi connectivity index (χ0n) is 25.6. The number of nitrogens with zero attached hydrogens (tertiary/aromatic N) is 7. The Morgan fingerprint density at radius 3 is 2.40 bits per heavy atom. The SMILES string of the molecule is CN1CCN(c2ccc(Nc3ncc4c(n3)N(C)C(=O)N(C3CCN(C(=O)OC(C)(C)C)CC35CCC5)C4)cc2)CC1. The van der Waals surface area contributed by atoms with Gasteiger partial charge >= 0.3 is 12.1 Å². The molecule has 0 radical (unpaired) electrons. The maximum absolute atomic E-state index is 13.8. The summed E-state index contributed by atoms with van der Waals surface area (Å²) in [4.78, 5) is 46.2. The number of aromatic nitrogens is 2. The minimum Gasteiger partial charge on any atom is -0.444 e. The third kappa shape index (κ3) is 5.58. The lowest BCUT2D eigenvalue weighted by atomic mass is 9.61. The van der Waals surface area contributed by atoms with Gasteiger partial charge in [0.15, 0.2) is 0 Å². The minimum atomic E-state index is -0.530. The molecule has 226 valence electrons. The molecular formula is C31H44N8O3. The van der Waals surface area contributed by atoms with Gasteiger partial charge in [-0.05, 0) is 71.3 Å². The van der Waals surface area contributed by atoms with Gasteiger partial charge in [0.25, 0.3) is 0 Å². The molecule has 3 aliphatic heterocycles. The topological polar surface area (TPSA) is 97.4 Å². The van der Waals surface area contributed by atoms with Crippen LogP contribution in [-0.2, 0) is 11.3 Å². The smallest absolute Gasteiger partial charge is 0.410 e. The molecule has 2 aromatic rings. The van der Waals surface area contributed by atoms with Crippen LogP contribution in [0.1, 0.15) is 52.0 Å². The molecule has 4 heterocycles. The monoisotopic (exact) mass is 576 g/mol. The van der Waals surface area contributed by atoms with E-state index in [1.165, 1.54) is 5.69 Å². The second-order valence-corrected chi connectivity index (χ2v) is 13.4. The number of anilines is 4. The number of hydrogen-bond acceptors (Lipinski definition) is 8. The van der Waals surface area contributed by atoms with Gasteiger partial charge in [0.2, 0.25) is 5.95 Å². The number of likely N-dealkylation sites (N-methyl/N-ethyl adjacent to an activating group) is 1. The molecule has 1 N–H and O–H groups in total. The number of ether oxygens (including phenoxy) is 1. The first-order valence-corrected chi connectivity index (χ1v) is 15.2. The van der Waals surface area contributed by atoms with Gasteiger partial charge in [0.1, 0.15) is 11.4 Å². The quantitative estimate of drug-likeness (QED) is 0.568. The molecule has 1 aromatic carbocycles. The van der Waals surface area contributed by atoms with E-state index >= 15 is 0 Å². The molecule has 6 rings (SSSR count). The third-order valence-corrected chi connectivity index (χ3v) is 9.29. The Kier molecular flexibility index (Phi) is 7.41. The summed E-state index contributed by atoms with van der Waals surface area (Å²) < 4.78 is 5.67. The second kappa shape index (κ2) is 10.9. The number of likely N-dealkylation sites (tertiary alicyclic amines) is 1. The summed E-state index contributed by atoms with van der Waals surface area (Å²) in [5.41, 5.74) is 2.42. The Balaban J connectivity index is 1.14. The van der Waals surface area contributed by atoms with Gasteiger partial charge in [-0.25, -0.2) is 14.6 Å². The molecule has 1 atom stereocenters. The van der Waals surface area contributed by atoms with Crippen LogP contribution in [0.25, 0.3) is 0 Å². The van der Waals surface area contributed by atoms with E-state index in [4.69, 9.17) is 9.72 Å². The molecule has 42 heavy (non-hydrogen) atoms. The van der Waals surface area contributed by atoms with Gasteiger partial charge in [0, 0.05) is 80.9 Å². The molecule has 11 nitrogen and oxygen atoms in total. The molecule has 3 fully saturated rings. The van der Waals surface area contributed by atoms with Crippen LogP contribution in [0.15, 0.2) is 30.5 Å². The summed E-state index contributed by atoms with van der Waals surface area (Å²) in [7, 11) is 3.95. The highest BCUT2D eigenvalue weighted by Crippen LogP contribution is 2.51. The first-order valence-electron chi connectivity index (χ1n) is 15.2. The number of rotatable bonds is 4. The van der Waals surface area contributed by atoms with Crippen LogP contribution in [0.4, 0.5) is 32.7 Å². The van der Waals surface area contributed by atoms with Gasteiger partial charge in [-0.1, -0.05) is 6.42 Å².